The topological polar surface area (TPSA) is 59.7 Å². The number of benzene rings is 3. The Morgan fingerprint density at radius 1 is 1.09 bits per heavy atom. The predicted octanol–water partition coefficient (Wildman–Crippen LogP) is 6.06. The van der Waals surface area contributed by atoms with Crippen LogP contribution in [-0.2, 0) is 0 Å². The number of nitrogens with one attached hydrogen (secondary N) is 1. The standard InChI is InChI=1S/C16H11F4N3O2.C6H5F/c1-21-22-12(16(18,19)20)7-11-14-10(24-2)6-8-4-3-5-9(17)13(8)15(14)23-25-11;7-6-4-2-1-3-5-6/h3-7,22H,1H2,2H3;1-5H/b12-7+;. The van der Waals surface area contributed by atoms with Gasteiger partial charge in [0.15, 0.2) is 5.76 Å². The number of methoxy groups -OCH3 is 1. The van der Waals surface area contributed by atoms with Crippen molar-refractivity contribution in [3.8, 4) is 5.75 Å². The fraction of sp³-hybridized carbons (Fsp3) is 0.0909. The maximum Gasteiger partial charge on any atom is 0.432 e. The number of hydrogen-bond donors (Lipinski definition) is 1. The average Bonchev–Trinajstić information content (AvgIpc) is 3.17. The quantitative estimate of drug-likeness (QED) is 0.234. The van der Waals surface area contributed by atoms with Gasteiger partial charge in [-0.2, -0.15) is 18.3 Å². The maximum absolute atomic E-state index is 14.2. The van der Waals surface area contributed by atoms with Gasteiger partial charge in [0.2, 0.25) is 0 Å². The molecule has 0 radical (unpaired) electrons. The molecule has 1 aromatic heterocycles. The van der Waals surface area contributed by atoms with Crippen molar-refractivity contribution in [1.29, 1.82) is 0 Å². The predicted molar refractivity (Wildman–Crippen MR) is 111 cm³/mol. The summed E-state index contributed by atoms with van der Waals surface area (Å²) in [5, 5.41) is 7.49. The average molecular weight is 449 g/mol. The highest BCUT2D eigenvalue weighted by atomic mass is 19.4. The molecule has 0 aliphatic heterocycles. The Bertz CT molecular complexity index is 1270. The minimum absolute atomic E-state index is 0.0618. The zero-order valence-corrected chi connectivity index (χ0v) is 16.6. The number of rotatable bonds is 4. The first-order valence-corrected chi connectivity index (χ1v) is 9.02. The fourth-order valence-electron chi connectivity index (χ4n) is 2.90. The van der Waals surface area contributed by atoms with Crippen molar-refractivity contribution in [1.82, 2.24) is 10.6 Å². The van der Waals surface area contributed by atoms with Crippen LogP contribution in [0.15, 0.2) is 69.9 Å². The highest BCUT2D eigenvalue weighted by molar-refractivity contribution is 6.10. The third-order valence-electron chi connectivity index (χ3n) is 4.27. The Morgan fingerprint density at radius 3 is 2.38 bits per heavy atom. The van der Waals surface area contributed by atoms with Gasteiger partial charge in [-0.3, -0.25) is 5.43 Å². The number of fused-ring (bicyclic) bond motifs is 3. The Balaban J connectivity index is 0.000000352. The molecule has 32 heavy (non-hydrogen) atoms. The van der Waals surface area contributed by atoms with Gasteiger partial charge in [0.05, 0.1) is 12.5 Å². The van der Waals surface area contributed by atoms with E-state index < -0.39 is 17.7 Å². The Labute approximate surface area is 178 Å². The summed E-state index contributed by atoms with van der Waals surface area (Å²) in [5.74, 6) is -0.799. The number of aromatic nitrogens is 1. The first kappa shape index (κ1) is 22.7. The first-order chi connectivity index (χ1) is 15.3. The Hall–Kier alpha value is -3.95. The molecule has 166 valence electrons. The molecule has 0 atom stereocenters. The molecule has 0 unspecified atom stereocenters. The lowest BCUT2D eigenvalue weighted by Gasteiger charge is -2.10. The number of nitrogens with zero attached hydrogens (tertiary/aromatic N) is 2. The van der Waals surface area contributed by atoms with E-state index >= 15 is 0 Å². The summed E-state index contributed by atoms with van der Waals surface area (Å²) in [6, 6.07) is 13.8. The molecule has 0 bridgehead atoms. The Morgan fingerprint density at radius 2 is 1.81 bits per heavy atom. The van der Waals surface area contributed by atoms with E-state index in [1.54, 1.807) is 29.7 Å². The molecule has 10 heteroatoms. The van der Waals surface area contributed by atoms with Crippen LogP contribution in [0.2, 0.25) is 0 Å². The second kappa shape index (κ2) is 9.46. The summed E-state index contributed by atoms with van der Waals surface area (Å²) in [5.41, 5.74) is 0.609. The van der Waals surface area contributed by atoms with Crippen LogP contribution in [-0.4, -0.2) is 25.2 Å². The molecule has 0 aliphatic rings. The molecule has 5 nitrogen and oxygen atoms in total. The molecular formula is C22H16F5N3O2. The van der Waals surface area contributed by atoms with Crippen LogP contribution in [0.3, 0.4) is 0 Å². The lowest BCUT2D eigenvalue weighted by atomic mass is 10.0. The molecule has 3 aromatic carbocycles. The van der Waals surface area contributed by atoms with E-state index in [2.05, 4.69) is 17.0 Å². The van der Waals surface area contributed by atoms with Crippen molar-refractivity contribution in [3.05, 3.63) is 77.7 Å². The summed E-state index contributed by atoms with van der Waals surface area (Å²) in [7, 11) is 1.34. The van der Waals surface area contributed by atoms with E-state index in [0.29, 0.717) is 11.5 Å². The molecule has 1 heterocycles. The third-order valence-corrected chi connectivity index (χ3v) is 4.27. The van der Waals surface area contributed by atoms with Gasteiger partial charge in [0.1, 0.15) is 28.6 Å². The van der Waals surface area contributed by atoms with Crippen LogP contribution in [0.4, 0.5) is 22.0 Å². The van der Waals surface area contributed by atoms with Crippen molar-refractivity contribution < 1.29 is 31.2 Å². The SMILES string of the molecule is C=NN/C(=C/c1onc2c1c(OC)cc1cccc(F)c12)C(F)(F)F.Fc1ccccc1. The number of alkyl halides is 3. The largest absolute Gasteiger partial charge is 0.496 e. The number of halogens is 5. The van der Waals surface area contributed by atoms with Gasteiger partial charge < -0.3 is 9.26 Å². The van der Waals surface area contributed by atoms with E-state index in [1.807, 2.05) is 0 Å². The number of hydrogen-bond acceptors (Lipinski definition) is 5. The Kier molecular flexibility index (Phi) is 6.72. The minimum atomic E-state index is -4.73. The maximum atomic E-state index is 14.2. The fourth-order valence-corrected chi connectivity index (χ4v) is 2.90. The van der Waals surface area contributed by atoms with E-state index in [4.69, 9.17) is 9.26 Å². The third kappa shape index (κ3) is 4.85. The van der Waals surface area contributed by atoms with E-state index in [-0.39, 0.29) is 33.6 Å². The van der Waals surface area contributed by atoms with E-state index in [0.717, 1.165) is 0 Å². The normalized spacial score (nSPS) is 11.8. The lowest BCUT2D eigenvalue weighted by molar-refractivity contribution is -0.0956. The molecule has 0 saturated carbocycles. The van der Waals surface area contributed by atoms with Crippen molar-refractivity contribution in [2.45, 2.75) is 6.18 Å². The molecule has 1 N–H and O–H groups in total. The van der Waals surface area contributed by atoms with Crippen LogP contribution in [0, 0.1) is 11.6 Å². The molecule has 0 saturated heterocycles. The molecule has 0 spiro atoms. The van der Waals surface area contributed by atoms with Crippen molar-refractivity contribution in [2.24, 2.45) is 5.10 Å². The molecule has 0 fully saturated rings. The van der Waals surface area contributed by atoms with Gasteiger partial charge in [0.25, 0.3) is 0 Å². The van der Waals surface area contributed by atoms with Crippen LogP contribution in [0.25, 0.3) is 27.8 Å². The van der Waals surface area contributed by atoms with E-state index in [1.165, 1.54) is 37.4 Å². The minimum Gasteiger partial charge on any atom is -0.496 e. The van der Waals surface area contributed by atoms with E-state index in [9.17, 15) is 22.0 Å². The smallest absolute Gasteiger partial charge is 0.432 e. The summed E-state index contributed by atoms with van der Waals surface area (Å²) >= 11 is 0. The number of hydrazone groups is 1. The van der Waals surface area contributed by atoms with Gasteiger partial charge in [-0.05, 0) is 29.7 Å². The summed E-state index contributed by atoms with van der Waals surface area (Å²) in [4.78, 5) is 0. The van der Waals surface area contributed by atoms with Gasteiger partial charge in [-0.1, -0.05) is 35.5 Å². The van der Waals surface area contributed by atoms with Crippen LogP contribution < -0.4 is 10.2 Å². The molecule has 4 rings (SSSR count). The lowest BCUT2D eigenvalue weighted by Crippen LogP contribution is -2.22. The van der Waals surface area contributed by atoms with Gasteiger partial charge in [-0.15, -0.1) is 0 Å². The summed E-state index contributed by atoms with van der Waals surface area (Å²) in [6.45, 7) is 2.97. The van der Waals surface area contributed by atoms with Crippen LogP contribution in [0.1, 0.15) is 5.76 Å². The van der Waals surface area contributed by atoms with Gasteiger partial charge in [-0.25, -0.2) is 8.78 Å². The van der Waals surface area contributed by atoms with Crippen LogP contribution in [0.5, 0.6) is 5.75 Å². The van der Waals surface area contributed by atoms with Gasteiger partial charge in [0, 0.05) is 18.2 Å². The molecular weight excluding hydrogens is 433 g/mol. The number of ether oxygens (including phenoxy) is 1. The van der Waals surface area contributed by atoms with Crippen molar-refractivity contribution in [3.63, 3.8) is 0 Å². The van der Waals surface area contributed by atoms with Gasteiger partial charge >= 0.3 is 6.18 Å². The zero-order valence-electron chi connectivity index (χ0n) is 16.6. The highest BCUT2D eigenvalue weighted by Crippen LogP contribution is 2.38. The summed E-state index contributed by atoms with van der Waals surface area (Å²) in [6.07, 6.45) is -4.06. The summed E-state index contributed by atoms with van der Waals surface area (Å²) < 4.78 is 75.4. The van der Waals surface area contributed by atoms with Crippen LogP contribution >= 0.6 is 0 Å². The second-order valence-corrected chi connectivity index (χ2v) is 6.31. The second-order valence-electron chi connectivity index (χ2n) is 6.31. The molecule has 4 aromatic rings. The monoisotopic (exact) mass is 449 g/mol. The highest BCUT2D eigenvalue weighted by Gasteiger charge is 2.35. The first-order valence-electron chi connectivity index (χ1n) is 9.02. The molecule has 0 amide bonds. The number of allylic oxidation sites excluding steroid dienone is 1. The van der Waals surface area contributed by atoms with Crippen molar-refractivity contribution in [2.75, 3.05) is 7.11 Å². The zero-order chi connectivity index (χ0) is 23.3. The van der Waals surface area contributed by atoms with Crippen molar-refractivity contribution >= 4 is 34.5 Å². The molecule has 0 aliphatic carbocycles.